The van der Waals surface area contributed by atoms with Crippen molar-refractivity contribution in [3.8, 4) is 5.75 Å². The summed E-state index contributed by atoms with van der Waals surface area (Å²) < 4.78 is 5.16. The zero-order chi connectivity index (χ0) is 18.5. The highest BCUT2D eigenvalue weighted by Gasteiger charge is 2.32. The zero-order valence-electron chi connectivity index (χ0n) is 14.5. The van der Waals surface area contributed by atoms with Crippen molar-refractivity contribution in [1.82, 2.24) is 5.32 Å². The Morgan fingerprint density at radius 2 is 2.08 bits per heavy atom. The summed E-state index contributed by atoms with van der Waals surface area (Å²) in [5.74, 6) is 0.279. The standard InChI is InChI=1S/C19H19N3O3S/c1-12-6-3-4-9-15(12)21-17(23)11-16-18(24)22-19(26-16)20-13-7-5-8-14(10-13)25-2/h3-10,16H,11H2,1-2H3,(H,21,23)(H,20,22,24)/t16-/m1/s1. The first-order valence-corrected chi connectivity index (χ1v) is 8.99. The molecule has 2 aromatic carbocycles. The summed E-state index contributed by atoms with van der Waals surface area (Å²) >= 11 is 1.26. The number of aliphatic imine (C=N–C) groups is 1. The Balaban J connectivity index is 1.63. The lowest BCUT2D eigenvalue weighted by Gasteiger charge is -2.09. The molecule has 1 aliphatic heterocycles. The Bertz CT molecular complexity index is 867. The number of hydrogen-bond acceptors (Lipinski definition) is 5. The van der Waals surface area contributed by atoms with E-state index < -0.39 is 5.25 Å². The van der Waals surface area contributed by atoms with Crippen LogP contribution in [-0.2, 0) is 9.59 Å². The summed E-state index contributed by atoms with van der Waals surface area (Å²) in [5.41, 5.74) is 2.41. The van der Waals surface area contributed by atoms with Crippen molar-refractivity contribution >= 4 is 40.1 Å². The number of methoxy groups -OCH3 is 1. The Kier molecular flexibility index (Phi) is 5.58. The number of rotatable bonds is 5. The van der Waals surface area contributed by atoms with E-state index in [2.05, 4.69) is 15.6 Å². The van der Waals surface area contributed by atoms with Gasteiger partial charge in [-0.3, -0.25) is 9.59 Å². The lowest BCUT2D eigenvalue weighted by atomic mass is 10.2. The number of carbonyl (C=O) groups is 2. The van der Waals surface area contributed by atoms with Crippen LogP contribution in [0.25, 0.3) is 0 Å². The minimum absolute atomic E-state index is 0.0853. The van der Waals surface area contributed by atoms with Gasteiger partial charge in [0.1, 0.15) is 11.0 Å². The van der Waals surface area contributed by atoms with E-state index in [4.69, 9.17) is 4.74 Å². The molecule has 2 aromatic rings. The number of amides is 2. The van der Waals surface area contributed by atoms with Crippen LogP contribution in [0.4, 0.5) is 11.4 Å². The van der Waals surface area contributed by atoms with Gasteiger partial charge in [-0.2, -0.15) is 0 Å². The van der Waals surface area contributed by atoms with Crippen molar-refractivity contribution in [3.05, 3.63) is 54.1 Å². The number of carbonyl (C=O) groups excluding carboxylic acids is 2. The van der Waals surface area contributed by atoms with Crippen LogP contribution in [0.1, 0.15) is 12.0 Å². The van der Waals surface area contributed by atoms with E-state index in [1.54, 1.807) is 13.2 Å². The fourth-order valence-corrected chi connectivity index (χ4v) is 3.46. The minimum Gasteiger partial charge on any atom is -0.497 e. The molecule has 26 heavy (non-hydrogen) atoms. The van der Waals surface area contributed by atoms with Crippen molar-refractivity contribution in [3.63, 3.8) is 0 Å². The molecule has 0 aliphatic carbocycles. The molecular weight excluding hydrogens is 350 g/mol. The van der Waals surface area contributed by atoms with Crippen LogP contribution in [0, 0.1) is 6.92 Å². The van der Waals surface area contributed by atoms with Gasteiger partial charge >= 0.3 is 0 Å². The molecule has 0 unspecified atom stereocenters. The average Bonchev–Trinajstić information content (AvgIpc) is 2.96. The number of nitrogens with one attached hydrogen (secondary N) is 2. The van der Waals surface area contributed by atoms with Gasteiger partial charge in [0.25, 0.3) is 0 Å². The largest absolute Gasteiger partial charge is 0.497 e. The van der Waals surface area contributed by atoms with Gasteiger partial charge in [0, 0.05) is 18.2 Å². The Morgan fingerprint density at radius 1 is 1.27 bits per heavy atom. The quantitative estimate of drug-likeness (QED) is 0.848. The van der Waals surface area contributed by atoms with Crippen LogP contribution in [0.15, 0.2) is 53.5 Å². The monoisotopic (exact) mass is 369 g/mol. The molecule has 134 valence electrons. The number of ether oxygens (including phenoxy) is 1. The number of thioether (sulfide) groups is 1. The van der Waals surface area contributed by atoms with E-state index in [1.807, 2.05) is 49.4 Å². The Morgan fingerprint density at radius 3 is 2.85 bits per heavy atom. The van der Waals surface area contributed by atoms with E-state index >= 15 is 0 Å². The van der Waals surface area contributed by atoms with Crippen LogP contribution in [0.3, 0.4) is 0 Å². The van der Waals surface area contributed by atoms with E-state index in [0.717, 1.165) is 11.3 Å². The second-order valence-corrected chi connectivity index (χ2v) is 6.97. The van der Waals surface area contributed by atoms with Crippen LogP contribution < -0.4 is 15.4 Å². The maximum Gasteiger partial charge on any atom is 0.240 e. The fourth-order valence-electron chi connectivity index (χ4n) is 2.47. The molecule has 2 N–H and O–H groups in total. The number of anilines is 1. The normalized spacial score (nSPS) is 17.8. The second kappa shape index (κ2) is 8.05. The number of hydrogen-bond donors (Lipinski definition) is 2. The summed E-state index contributed by atoms with van der Waals surface area (Å²) in [6.45, 7) is 1.92. The van der Waals surface area contributed by atoms with Crippen LogP contribution in [0.2, 0.25) is 0 Å². The lowest BCUT2D eigenvalue weighted by Crippen LogP contribution is -2.28. The van der Waals surface area contributed by atoms with Crippen LogP contribution >= 0.6 is 11.8 Å². The predicted octanol–water partition coefficient (Wildman–Crippen LogP) is 3.25. The van der Waals surface area contributed by atoms with Gasteiger partial charge < -0.3 is 15.4 Å². The number of benzene rings is 2. The highest BCUT2D eigenvalue weighted by atomic mass is 32.2. The summed E-state index contributed by atoms with van der Waals surface area (Å²) in [6.07, 6.45) is 0.0853. The Labute approximate surface area is 156 Å². The van der Waals surface area contributed by atoms with E-state index in [0.29, 0.717) is 16.6 Å². The SMILES string of the molecule is COc1cccc(N=C2NC(=O)[C@@H](CC(=O)Nc3ccccc3C)S2)c1. The van der Waals surface area contributed by atoms with E-state index in [-0.39, 0.29) is 18.2 Å². The molecule has 0 radical (unpaired) electrons. The summed E-state index contributed by atoms with van der Waals surface area (Å²) in [4.78, 5) is 28.8. The number of aryl methyl sites for hydroxylation is 1. The minimum atomic E-state index is -0.497. The highest BCUT2D eigenvalue weighted by Crippen LogP contribution is 2.27. The first-order chi connectivity index (χ1) is 12.5. The lowest BCUT2D eigenvalue weighted by molar-refractivity contribution is -0.122. The maximum atomic E-state index is 12.3. The summed E-state index contributed by atoms with van der Waals surface area (Å²) in [6, 6.07) is 14.8. The Hall–Kier alpha value is -2.80. The molecule has 1 fully saturated rings. The van der Waals surface area contributed by atoms with Gasteiger partial charge in [-0.15, -0.1) is 0 Å². The average molecular weight is 369 g/mol. The first-order valence-electron chi connectivity index (χ1n) is 8.11. The van der Waals surface area contributed by atoms with Crippen molar-refractivity contribution < 1.29 is 14.3 Å². The molecule has 7 heteroatoms. The van der Waals surface area contributed by atoms with Crippen molar-refractivity contribution in [2.24, 2.45) is 4.99 Å². The predicted molar refractivity (Wildman–Crippen MR) is 104 cm³/mol. The summed E-state index contributed by atoms with van der Waals surface area (Å²) in [5, 5.41) is 5.56. The van der Waals surface area contributed by atoms with Gasteiger partial charge in [0.2, 0.25) is 11.8 Å². The molecular formula is C19H19N3O3S. The molecule has 0 bridgehead atoms. The maximum absolute atomic E-state index is 12.3. The molecule has 0 aromatic heterocycles. The van der Waals surface area contributed by atoms with E-state index in [1.165, 1.54) is 11.8 Å². The summed E-state index contributed by atoms with van der Waals surface area (Å²) in [7, 11) is 1.58. The number of para-hydroxylation sites is 1. The highest BCUT2D eigenvalue weighted by molar-refractivity contribution is 8.15. The van der Waals surface area contributed by atoms with Crippen LogP contribution in [-0.4, -0.2) is 29.3 Å². The van der Waals surface area contributed by atoms with E-state index in [9.17, 15) is 9.59 Å². The molecule has 1 saturated heterocycles. The van der Waals surface area contributed by atoms with Gasteiger partial charge in [-0.05, 0) is 30.7 Å². The fraction of sp³-hybridized carbons (Fsp3) is 0.211. The van der Waals surface area contributed by atoms with Gasteiger partial charge in [0.15, 0.2) is 5.17 Å². The van der Waals surface area contributed by atoms with Crippen molar-refractivity contribution in [2.45, 2.75) is 18.6 Å². The number of amidine groups is 1. The molecule has 3 rings (SSSR count). The zero-order valence-corrected chi connectivity index (χ0v) is 15.3. The third-order valence-electron chi connectivity index (χ3n) is 3.85. The second-order valence-electron chi connectivity index (χ2n) is 5.78. The van der Waals surface area contributed by atoms with Crippen molar-refractivity contribution in [2.75, 3.05) is 12.4 Å². The molecule has 2 amide bonds. The number of nitrogens with zero attached hydrogens (tertiary/aromatic N) is 1. The molecule has 1 aliphatic rings. The van der Waals surface area contributed by atoms with Gasteiger partial charge in [-0.25, -0.2) is 4.99 Å². The molecule has 0 spiro atoms. The van der Waals surface area contributed by atoms with Gasteiger partial charge in [0.05, 0.1) is 12.8 Å². The van der Waals surface area contributed by atoms with Crippen LogP contribution in [0.5, 0.6) is 5.75 Å². The third-order valence-corrected chi connectivity index (χ3v) is 4.93. The smallest absolute Gasteiger partial charge is 0.240 e. The molecule has 0 saturated carbocycles. The third kappa shape index (κ3) is 4.43. The van der Waals surface area contributed by atoms with Gasteiger partial charge in [-0.1, -0.05) is 36.0 Å². The molecule has 1 atom stereocenters. The van der Waals surface area contributed by atoms with Crippen molar-refractivity contribution in [1.29, 1.82) is 0 Å². The topological polar surface area (TPSA) is 79.8 Å². The molecule has 6 nitrogen and oxygen atoms in total. The molecule has 1 heterocycles. The first kappa shape index (κ1) is 18.0.